The highest BCUT2D eigenvalue weighted by Gasteiger charge is 2.08. The average molecular weight is 276 g/mol. The smallest absolute Gasteiger partial charge is 0.301 e. The van der Waals surface area contributed by atoms with Crippen LogP contribution in [0.25, 0.3) is 0 Å². The van der Waals surface area contributed by atoms with Crippen LogP contribution in [-0.2, 0) is 4.79 Å². The zero-order chi connectivity index (χ0) is 10.6. The van der Waals surface area contributed by atoms with Gasteiger partial charge >= 0.3 is 5.91 Å². The number of nitrogens with one attached hydrogen (secondary N) is 1. The Morgan fingerprint density at radius 2 is 2.29 bits per heavy atom. The van der Waals surface area contributed by atoms with Gasteiger partial charge < -0.3 is 5.32 Å². The lowest BCUT2D eigenvalue weighted by molar-refractivity contribution is -0.111. The summed E-state index contributed by atoms with van der Waals surface area (Å²) in [7, 11) is 0. The minimum atomic E-state index is -0.631. The van der Waals surface area contributed by atoms with Crippen LogP contribution in [0.15, 0.2) is 18.2 Å². The minimum absolute atomic E-state index is 0.0607. The Morgan fingerprint density at radius 1 is 1.57 bits per heavy atom. The molecule has 1 amide bonds. The fourth-order valence-corrected chi connectivity index (χ4v) is 1.20. The molecule has 0 heterocycles. The molecule has 0 fully saturated rings. The van der Waals surface area contributed by atoms with Gasteiger partial charge in [-0.1, -0.05) is 17.7 Å². The quantitative estimate of drug-likeness (QED) is 0.785. The summed E-state index contributed by atoms with van der Waals surface area (Å²) in [6.07, 6.45) is 0. The molecular weight excluding hydrogens is 272 g/mol. The van der Waals surface area contributed by atoms with E-state index in [1.807, 2.05) is 0 Å². The summed E-state index contributed by atoms with van der Waals surface area (Å²) in [5.74, 6) is 0.914. The summed E-state index contributed by atoms with van der Waals surface area (Å²) >= 11 is 8.41. The number of halogens is 3. The fourth-order valence-electron chi connectivity index (χ4n) is 0.805. The SMILES string of the molecule is O=C(C#CBr)Nc1c(F)cccc1Cl. The van der Waals surface area contributed by atoms with Gasteiger partial charge in [-0.3, -0.25) is 4.79 Å². The predicted molar refractivity (Wildman–Crippen MR) is 56.7 cm³/mol. The molecule has 72 valence electrons. The van der Waals surface area contributed by atoms with Crippen LogP contribution in [-0.4, -0.2) is 5.91 Å². The van der Waals surface area contributed by atoms with E-state index in [2.05, 4.69) is 32.0 Å². The van der Waals surface area contributed by atoms with Crippen LogP contribution < -0.4 is 5.32 Å². The Bertz CT molecular complexity index is 404. The molecule has 1 rings (SSSR count). The van der Waals surface area contributed by atoms with E-state index in [0.29, 0.717) is 0 Å². The lowest BCUT2D eigenvalue weighted by Gasteiger charge is -2.04. The van der Waals surface area contributed by atoms with Crippen LogP contribution >= 0.6 is 27.5 Å². The minimum Gasteiger partial charge on any atom is -0.311 e. The predicted octanol–water partition coefficient (Wildman–Crippen LogP) is 2.77. The van der Waals surface area contributed by atoms with Crippen molar-refractivity contribution >= 4 is 39.1 Å². The topological polar surface area (TPSA) is 29.1 Å². The van der Waals surface area contributed by atoms with Crippen molar-refractivity contribution in [1.29, 1.82) is 0 Å². The molecule has 5 heteroatoms. The molecule has 0 aliphatic heterocycles. The van der Waals surface area contributed by atoms with E-state index in [-0.39, 0.29) is 10.7 Å². The van der Waals surface area contributed by atoms with Gasteiger partial charge in [0.05, 0.1) is 10.7 Å². The van der Waals surface area contributed by atoms with Gasteiger partial charge in [0.25, 0.3) is 0 Å². The molecule has 0 spiro atoms. The maximum absolute atomic E-state index is 13.1. The van der Waals surface area contributed by atoms with Crippen LogP contribution in [0.2, 0.25) is 5.02 Å². The van der Waals surface area contributed by atoms with Gasteiger partial charge in [0.2, 0.25) is 0 Å². The van der Waals surface area contributed by atoms with E-state index >= 15 is 0 Å². The molecule has 0 unspecified atom stereocenters. The largest absolute Gasteiger partial charge is 0.311 e. The van der Waals surface area contributed by atoms with Gasteiger partial charge in [-0.25, -0.2) is 4.39 Å². The number of rotatable bonds is 1. The number of benzene rings is 1. The average Bonchev–Trinajstić information content (AvgIpc) is 2.12. The van der Waals surface area contributed by atoms with Gasteiger partial charge in [-0.15, -0.1) is 0 Å². The highest BCUT2D eigenvalue weighted by Crippen LogP contribution is 2.24. The first-order valence-corrected chi connectivity index (χ1v) is 4.69. The Hall–Kier alpha value is -1.05. The van der Waals surface area contributed by atoms with Crippen LogP contribution in [0.4, 0.5) is 10.1 Å². The summed E-state index contributed by atoms with van der Waals surface area (Å²) in [4.78, 5) is 13.2. The zero-order valence-electron chi connectivity index (χ0n) is 6.77. The van der Waals surface area contributed by atoms with Gasteiger partial charge in [-0.05, 0) is 17.0 Å². The molecule has 0 aromatic heterocycles. The Morgan fingerprint density at radius 3 is 2.86 bits per heavy atom. The summed E-state index contributed by atoms with van der Waals surface area (Å²) in [5.41, 5.74) is -0.0607. The molecule has 2 nitrogen and oxygen atoms in total. The molecule has 0 saturated carbocycles. The molecule has 0 aliphatic carbocycles. The standard InChI is InChI=1S/C9H4BrClFNO/c10-5-4-8(14)13-9-6(11)2-1-3-7(9)12/h1-3H,(H,13,14). The highest BCUT2D eigenvalue weighted by atomic mass is 79.9. The van der Waals surface area contributed by atoms with E-state index in [9.17, 15) is 9.18 Å². The molecule has 0 saturated heterocycles. The zero-order valence-corrected chi connectivity index (χ0v) is 9.12. The van der Waals surface area contributed by atoms with Crippen LogP contribution in [0.5, 0.6) is 0 Å². The number of amides is 1. The van der Waals surface area contributed by atoms with Crippen molar-refractivity contribution in [1.82, 2.24) is 0 Å². The van der Waals surface area contributed by atoms with Crippen molar-refractivity contribution < 1.29 is 9.18 Å². The summed E-state index contributed by atoms with van der Waals surface area (Å²) < 4.78 is 13.1. The summed E-state index contributed by atoms with van der Waals surface area (Å²) in [5, 5.41) is 2.36. The number of para-hydroxylation sites is 1. The van der Waals surface area contributed by atoms with Gasteiger partial charge in [0, 0.05) is 21.9 Å². The molecule has 1 N–H and O–H groups in total. The van der Waals surface area contributed by atoms with Crippen LogP contribution in [0.3, 0.4) is 0 Å². The molecule has 1 aromatic carbocycles. The first kappa shape index (κ1) is 11.0. The van der Waals surface area contributed by atoms with E-state index in [4.69, 9.17) is 11.6 Å². The maximum atomic E-state index is 13.1. The number of carbonyl (C=O) groups is 1. The van der Waals surface area contributed by atoms with Gasteiger partial charge in [0.15, 0.2) is 0 Å². The van der Waals surface area contributed by atoms with E-state index < -0.39 is 11.7 Å². The third kappa shape index (κ3) is 2.72. The Labute approximate surface area is 93.6 Å². The van der Waals surface area contributed by atoms with Crippen molar-refractivity contribution in [3.05, 3.63) is 29.0 Å². The van der Waals surface area contributed by atoms with E-state index in [1.54, 1.807) is 0 Å². The third-order valence-corrected chi connectivity index (χ3v) is 1.88. The second kappa shape index (κ2) is 4.99. The fraction of sp³-hybridized carbons (Fsp3) is 0. The van der Waals surface area contributed by atoms with Crippen molar-refractivity contribution in [2.75, 3.05) is 5.32 Å². The van der Waals surface area contributed by atoms with Gasteiger partial charge in [0.1, 0.15) is 5.82 Å². The molecule has 0 bridgehead atoms. The second-order valence-corrected chi connectivity index (χ2v) is 3.07. The monoisotopic (exact) mass is 275 g/mol. The number of carbonyl (C=O) groups excluding carboxylic acids is 1. The molecule has 0 aliphatic rings. The highest BCUT2D eigenvalue weighted by molar-refractivity contribution is 9.12. The summed E-state index contributed by atoms with van der Waals surface area (Å²) in [6, 6.07) is 4.12. The summed E-state index contributed by atoms with van der Waals surface area (Å²) in [6.45, 7) is 0. The Kier molecular flexibility index (Phi) is 3.93. The Balaban J connectivity index is 2.95. The molecule has 0 atom stereocenters. The normalized spacial score (nSPS) is 8.79. The van der Waals surface area contributed by atoms with Crippen molar-refractivity contribution in [2.24, 2.45) is 0 Å². The maximum Gasteiger partial charge on any atom is 0.301 e. The van der Waals surface area contributed by atoms with Crippen molar-refractivity contribution in [3.8, 4) is 10.8 Å². The number of hydrogen-bond donors (Lipinski definition) is 1. The first-order chi connectivity index (χ1) is 6.65. The second-order valence-electron chi connectivity index (χ2n) is 2.27. The number of hydrogen-bond acceptors (Lipinski definition) is 1. The van der Waals surface area contributed by atoms with Crippen LogP contribution in [0, 0.1) is 16.6 Å². The molecular formula is C9H4BrClFNO. The van der Waals surface area contributed by atoms with Crippen molar-refractivity contribution in [2.45, 2.75) is 0 Å². The van der Waals surface area contributed by atoms with Crippen LogP contribution in [0.1, 0.15) is 0 Å². The third-order valence-electron chi connectivity index (χ3n) is 1.36. The first-order valence-electron chi connectivity index (χ1n) is 3.52. The van der Waals surface area contributed by atoms with Crippen molar-refractivity contribution in [3.63, 3.8) is 0 Å². The number of anilines is 1. The molecule has 1 aromatic rings. The molecule has 14 heavy (non-hydrogen) atoms. The lowest BCUT2D eigenvalue weighted by atomic mass is 10.3. The lowest BCUT2D eigenvalue weighted by Crippen LogP contribution is -2.10. The van der Waals surface area contributed by atoms with Gasteiger partial charge in [-0.2, -0.15) is 0 Å². The molecule has 0 radical (unpaired) electrons. The van der Waals surface area contributed by atoms with E-state index in [1.165, 1.54) is 18.2 Å². The van der Waals surface area contributed by atoms with E-state index in [0.717, 1.165) is 0 Å².